The van der Waals surface area contributed by atoms with Gasteiger partial charge in [-0.25, -0.2) is 4.39 Å². The summed E-state index contributed by atoms with van der Waals surface area (Å²) in [6, 6.07) is 6.11. The van der Waals surface area contributed by atoms with Crippen LogP contribution < -0.4 is 10.6 Å². The van der Waals surface area contributed by atoms with Gasteiger partial charge in [0.2, 0.25) is 5.91 Å². The molecule has 1 aliphatic rings. The van der Waals surface area contributed by atoms with E-state index in [0.717, 1.165) is 31.4 Å². The van der Waals surface area contributed by atoms with Gasteiger partial charge in [0.25, 0.3) is 0 Å². The molecule has 2 N–H and O–H groups in total. The number of amides is 1. The summed E-state index contributed by atoms with van der Waals surface area (Å²) in [6.45, 7) is 1.37. The molecule has 0 aliphatic carbocycles. The highest BCUT2D eigenvalue weighted by atomic mass is 19.1. The molecule has 17 heavy (non-hydrogen) atoms. The van der Waals surface area contributed by atoms with Gasteiger partial charge in [0, 0.05) is 6.54 Å². The number of carbonyl (C=O) groups is 1. The Balaban J connectivity index is 1.81. The molecule has 0 spiro atoms. The van der Waals surface area contributed by atoms with Crippen LogP contribution >= 0.6 is 0 Å². The first-order valence-electron chi connectivity index (χ1n) is 6.01. The summed E-state index contributed by atoms with van der Waals surface area (Å²) in [4.78, 5) is 11.8. The van der Waals surface area contributed by atoms with Crippen LogP contribution in [-0.2, 0) is 11.3 Å². The minimum Gasteiger partial charge on any atom is -0.351 e. The summed E-state index contributed by atoms with van der Waals surface area (Å²) in [5, 5.41) is 6.06. The summed E-state index contributed by atoms with van der Waals surface area (Å²) < 4.78 is 12.7. The minimum absolute atomic E-state index is 0.0361. The van der Waals surface area contributed by atoms with Crippen molar-refractivity contribution in [1.29, 1.82) is 0 Å². The van der Waals surface area contributed by atoms with Crippen LogP contribution in [0.1, 0.15) is 24.8 Å². The molecule has 1 amide bonds. The van der Waals surface area contributed by atoms with E-state index < -0.39 is 0 Å². The monoisotopic (exact) mass is 236 g/mol. The zero-order chi connectivity index (χ0) is 12.1. The molecule has 92 valence electrons. The lowest BCUT2D eigenvalue weighted by molar-refractivity contribution is -0.123. The summed E-state index contributed by atoms with van der Waals surface area (Å²) in [6.07, 6.45) is 3.14. The van der Waals surface area contributed by atoms with Gasteiger partial charge in [-0.2, -0.15) is 0 Å². The van der Waals surface area contributed by atoms with Gasteiger partial charge in [0.15, 0.2) is 0 Å². The number of carbonyl (C=O) groups excluding carboxylic acids is 1. The highest BCUT2D eigenvalue weighted by Crippen LogP contribution is 2.07. The van der Waals surface area contributed by atoms with Crippen LogP contribution in [0, 0.1) is 5.82 Å². The van der Waals surface area contributed by atoms with E-state index in [9.17, 15) is 9.18 Å². The summed E-state index contributed by atoms with van der Waals surface area (Å²) in [5.74, 6) is -0.219. The van der Waals surface area contributed by atoms with Crippen molar-refractivity contribution in [3.8, 4) is 0 Å². The second kappa shape index (κ2) is 5.77. The zero-order valence-electron chi connectivity index (χ0n) is 9.71. The van der Waals surface area contributed by atoms with E-state index in [2.05, 4.69) is 10.6 Å². The first-order chi connectivity index (χ1) is 8.25. The fourth-order valence-electron chi connectivity index (χ4n) is 1.99. The molecule has 1 aliphatic heterocycles. The molecule has 1 aromatic carbocycles. The third-order valence-electron chi connectivity index (χ3n) is 3.01. The molecule has 0 radical (unpaired) electrons. The van der Waals surface area contributed by atoms with Gasteiger partial charge < -0.3 is 10.6 Å². The van der Waals surface area contributed by atoms with E-state index >= 15 is 0 Å². The van der Waals surface area contributed by atoms with Gasteiger partial charge in [-0.3, -0.25) is 4.79 Å². The number of hydrogen-bond acceptors (Lipinski definition) is 2. The van der Waals surface area contributed by atoms with Gasteiger partial charge in [0.05, 0.1) is 6.04 Å². The Morgan fingerprint density at radius 3 is 2.76 bits per heavy atom. The van der Waals surface area contributed by atoms with E-state index in [1.165, 1.54) is 12.1 Å². The Bertz CT molecular complexity index is 372. The minimum atomic E-state index is -0.256. The summed E-state index contributed by atoms with van der Waals surface area (Å²) in [7, 11) is 0. The average molecular weight is 236 g/mol. The number of hydrogen-bond donors (Lipinski definition) is 2. The first kappa shape index (κ1) is 12.0. The van der Waals surface area contributed by atoms with Crippen LogP contribution in [0.3, 0.4) is 0 Å². The van der Waals surface area contributed by atoms with E-state index in [1.807, 2.05) is 0 Å². The highest BCUT2D eigenvalue weighted by molar-refractivity contribution is 5.81. The Kier molecular flexibility index (Phi) is 4.09. The maximum atomic E-state index is 12.7. The third kappa shape index (κ3) is 3.53. The molecule has 0 aromatic heterocycles. The van der Waals surface area contributed by atoms with Crippen LogP contribution in [0.15, 0.2) is 24.3 Å². The molecule has 1 aromatic rings. The molecule has 1 unspecified atom stereocenters. The highest BCUT2D eigenvalue weighted by Gasteiger charge is 2.19. The normalized spacial score (nSPS) is 19.9. The molecule has 1 heterocycles. The molecule has 1 fully saturated rings. The molecular weight excluding hydrogens is 219 g/mol. The van der Waals surface area contributed by atoms with E-state index in [4.69, 9.17) is 0 Å². The van der Waals surface area contributed by atoms with Crippen LogP contribution in [0.25, 0.3) is 0 Å². The molecule has 0 bridgehead atoms. The van der Waals surface area contributed by atoms with Crippen molar-refractivity contribution < 1.29 is 9.18 Å². The van der Waals surface area contributed by atoms with E-state index in [1.54, 1.807) is 12.1 Å². The fraction of sp³-hybridized carbons (Fsp3) is 0.462. The number of rotatable bonds is 3. The lowest BCUT2D eigenvalue weighted by Gasteiger charge is -2.22. The number of halogens is 1. The van der Waals surface area contributed by atoms with Crippen molar-refractivity contribution in [2.24, 2.45) is 0 Å². The SMILES string of the molecule is O=C(NCc1ccc(F)cc1)C1CCCCN1. The second-order valence-electron chi connectivity index (χ2n) is 4.35. The molecule has 0 saturated carbocycles. The molecule has 1 saturated heterocycles. The largest absolute Gasteiger partial charge is 0.351 e. The van der Waals surface area contributed by atoms with Crippen molar-refractivity contribution in [1.82, 2.24) is 10.6 Å². The fourth-order valence-corrected chi connectivity index (χ4v) is 1.99. The van der Waals surface area contributed by atoms with Gasteiger partial charge in [-0.1, -0.05) is 18.6 Å². The Hall–Kier alpha value is -1.42. The Morgan fingerprint density at radius 1 is 1.35 bits per heavy atom. The predicted octanol–water partition coefficient (Wildman–Crippen LogP) is 1.58. The van der Waals surface area contributed by atoms with E-state index in [0.29, 0.717) is 6.54 Å². The van der Waals surface area contributed by atoms with Gasteiger partial charge in [-0.05, 0) is 37.1 Å². The number of piperidine rings is 1. The lowest BCUT2D eigenvalue weighted by Crippen LogP contribution is -2.46. The van der Waals surface area contributed by atoms with Crippen molar-refractivity contribution in [2.45, 2.75) is 31.8 Å². The standard InChI is InChI=1S/C13H17FN2O/c14-11-6-4-10(5-7-11)9-16-13(17)12-3-1-2-8-15-12/h4-7,12,15H,1-3,8-9H2,(H,16,17). The topological polar surface area (TPSA) is 41.1 Å². The molecule has 4 heteroatoms. The van der Waals surface area contributed by atoms with Crippen LogP contribution in [0.5, 0.6) is 0 Å². The van der Waals surface area contributed by atoms with Crippen LogP contribution in [-0.4, -0.2) is 18.5 Å². The Labute approximate surface area is 100 Å². The lowest BCUT2D eigenvalue weighted by atomic mass is 10.0. The molecular formula is C13H17FN2O. The van der Waals surface area contributed by atoms with Crippen molar-refractivity contribution in [3.63, 3.8) is 0 Å². The maximum absolute atomic E-state index is 12.7. The van der Waals surface area contributed by atoms with Gasteiger partial charge in [-0.15, -0.1) is 0 Å². The predicted molar refractivity (Wildman–Crippen MR) is 63.9 cm³/mol. The molecule has 3 nitrogen and oxygen atoms in total. The maximum Gasteiger partial charge on any atom is 0.237 e. The Morgan fingerprint density at radius 2 is 2.12 bits per heavy atom. The zero-order valence-corrected chi connectivity index (χ0v) is 9.71. The smallest absolute Gasteiger partial charge is 0.237 e. The van der Waals surface area contributed by atoms with Crippen LogP contribution in [0.4, 0.5) is 4.39 Å². The summed E-state index contributed by atoms with van der Waals surface area (Å²) >= 11 is 0. The third-order valence-corrected chi connectivity index (χ3v) is 3.01. The first-order valence-corrected chi connectivity index (χ1v) is 6.01. The summed E-state index contributed by atoms with van der Waals surface area (Å²) in [5.41, 5.74) is 0.913. The van der Waals surface area contributed by atoms with Crippen molar-refractivity contribution >= 4 is 5.91 Å². The quantitative estimate of drug-likeness (QED) is 0.836. The number of nitrogens with one attached hydrogen (secondary N) is 2. The average Bonchev–Trinajstić information content (AvgIpc) is 2.39. The van der Waals surface area contributed by atoms with Gasteiger partial charge in [0.1, 0.15) is 5.82 Å². The van der Waals surface area contributed by atoms with Crippen LogP contribution in [0.2, 0.25) is 0 Å². The molecule has 1 atom stereocenters. The van der Waals surface area contributed by atoms with Gasteiger partial charge >= 0.3 is 0 Å². The number of benzene rings is 1. The van der Waals surface area contributed by atoms with Crippen molar-refractivity contribution in [3.05, 3.63) is 35.6 Å². The van der Waals surface area contributed by atoms with Crippen molar-refractivity contribution in [2.75, 3.05) is 6.54 Å². The molecule has 2 rings (SSSR count). The second-order valence-corrected chi connectivity index (χ2v) is 4.35. The van der Waals surface area contributed by atoms with E-state index in [-0.39, 0.29) is 17.8 Å².